The van der Waals surface area contributed by atoms with E-state index < -0.39 is 9.84 Å². The summed E-state index contributed by atoms with van der Waals surface area (Å²) in [6.07, 6.45) is 0.459. The van der Waals surface area contributed by atoms with Crippen LogP contribution in [0.5, 0.6) is 5.75 Å². The van der Waals surface area contributed by atoms with Crippen LogP contribution in [0.25, 0.3) is 0 Å². The van der Waals surface area contributed by atoms with E-state index in [4.69, 9.17) is 10.5 Å². The van der Waals surface area contributed by atoms with Gasteiger partial charge in [0.25, 0.3) is 0 Å². The molecule has 2 aromatic rings. The molecule has 21 heavy (non-hydrogen) atoms. The summed E-state index contributed by atoms with van der Waals surface area (Å²) in [5.74, 6) is 0.817. The van der Waals surface area contributed by atoms with Gasteiger partial charge in [-0.25, -0.2) is 8.42 Å². The molecule has 0 unspecified atom stereocenters. The Labute approximate surface area is 125 Å². The Morgan fingerprint density at radius 2 is 1.76 bits per heavy atom. The Morgan fingerprint density at radius 1 is 1.10 bits per heavy atom. The lowest BCUT2D eigenvalue weighted by Crippen LogP contribution is -2.11. The molecule has 0 fully saturated rings. The standard InChI is InChI=1S/C16H19NO3S/c1-12-15(17)4-3-5-16(12)21(18,19)11-10-13-6-8-14(20-2)9-7-13/h3-9H,10-11,17H2,1-2H3. The number of rotatable bonds is 5. The van der Waals surface area contributed by atoms with Crippen LogP contribution < -0.4 is 10.5 Å². The van der Waals surface area contributed by atoms with Gasteiger partial charge in [-0.2, -0.15) is 0 Å². The van der Waals surface area contributed by atoms with E-state index in [9.17, 15) is 8.42 Å². The molecule has 0 saturated heterocycles. The van der Waals surface area contributed by atoms with Gasteiger partial charge in [-0.15, -0.1) is 0 Å². The number of hydrogen-bond donors (Lipinski definition) is 1. The molecule has 0 atom stereocenters. The minimum Gasteiger partial charge on any atom is -0.497 e. The lowest BCUT2D eigenvalue weighted by molar-refractivity contribution is 0.414. The second-order valence-electron chi connectivity index (χ2n) is 4.89. The van der Waals surface area contributed by atoms with Crippen molar-refractivity contribution < 1.29 is 13.2 Å². The molecule has 0 heterocycles. The summed E-state index contributed by atoms with van der Waals surface area (Å²) in [5, 5.41) is 0. The first-order valence-corrected chi connectivity index (χ1v) is 8.30. The van der Waals surface area contributed by atoms with E-state index in [-0.39, 0.29) is 5.75 Å². The number of sulfone groups is 1. The van der Waals surface area contributed by atoms with Gasteiger partial charge in [-0.05, 0) is 48.7 Å². The van der Waals surface area contributed by atoms with Crippen molar-refractivity contribution in [1.82, 2.24) is 0 Å². The molecule has 0 amide bonds. The summed E-state index contributed by atoms with van der Waals surface area (Å²) >= 11 is 0. The number of hydrogen-bond acceptors (Lipinski definition) is 4. The van der Waals surface area contributed by atoms with Crippen molar-refractivity contribution >= 4 is 15.5 Å². The first-order chi connectivity index (χ1) is 9.94. The topological polar surface area (TPSA) is 69.4 Å². The van der Waals surface area contributed by atoms with Gasteiger partial charge in [0.1, 0.15) is 5.75 Å². The molecule has 0 aromatic heterocycles. The van der Waals surface area contributed by atoms with Gasteiger partial charge >= 0.3 is 0 Å². The lowest BCUT2D eigenvalue weighted by atomic mass is 10.2. The van der Waals surface area contributed by atoms with Crippen LogP contribution in [0.4, 0.5) is 5.69 Å². The third kappa shape index (κ3) is 3.55. The summed E-state index contributed by atoms with van der Waals surface area (Å²) < 4.78 is 29.9. The molecule has 0 aliphatic rings. The number of methoxy groups -OCH3 is 1. The minimum atomic E-state index is -3.34. The van der Waals surface area contributed by atoms with Crippen LogP contribution in [0.1, 0.15) is 11.1 Å². The average molecular weight is 305 g/mol. The van der Waals surface area contributed by atoms with Crippen molar-refractivity contribution in [2.45, 2.75) is 18.2 Å². The van der Waals surface area contributed by atoms with Crippen molar-refractivity contribution in [3.05, 3.63) is 53.6 Å². The highest BCUT2D eigenvalue weighted by atomic mass is 32.2. The predicted molar refractivity (Wildman–Crippen MR) is 84.3 cm³/mol. The van der Waals surface area contributed by atoms with Crippen molar-refractivity contribution in [2.75, 3.05) is 18.6 Å². The highest BCUT2D eigenvalue weighted by Crippen LogP contribution is 2.22. The summed E-state index contributed by atoms with van der Waals surface area (Å²) in [7, 11) is -1.74. The van der Waals surface area contributed by atoms with Gasteiger partial charge in [0.15, 0.2) is 9.84 Å². The first kappa shape index (κ1) is 15.4. The smallest absolute Gasteiger partial charge is 0.179 e. The summed E-state index contributed by atoms with van der Waals surface area (Å²) in [5.41, 5.74) is 7.86. The molecule has 0 saturated carbocycles. The largest absolute Gasteiger partial charge is 0.497 e. The predicted octanol–water partition coefficient (Wildman–Crippen LogP) is 2.60. The molecule has 5 heteroatoms. The van der Waals surface area contributed by atoms with E-state index in [0.717, 1.165) is 11.3 Å². The molecule has 112 valence electrons. The van der Waals surface area contributed by atoms with E-state index in [1.807, 2.05) is 24.3 Å². The zero-order valence-electron chi connectivity index (χ0n) is 12.2. The average Bonchev–Trinajstić information content (AvgIpc) is 2.48. The molecule has 4 nitrogen and oxygen atoms in total. The van der Waals surface area contributed by atoms with Crippen molar-refractivity contribution in [1.29, 1.82) is 0 Å². The molecule has 0 aliphatic heterocycles. The number of benzene rings is 2. The van der Waals surface area contributed by atoms with E-state index in [2.05, 4.69) is 0 Å². The van der Waals surface area contributed by atoms with Gasteiger partial charge in [0.2, 0.25) is 0 Å². The Morgan fingerprint density at radius 3 is 2.38 bits per heavy atom. The number of anilines is 1. The van der Waals surface area contributed by atoms with Crippen LogP contribution in [0.15, 0.2) is 47.4 Å². The quantitative estimate of drug-likeness (QED) is 0.862. The van der Waals surface area contributed by atoms with Crippen LogP contribution in [0, 0.1) is 6.92 Å². The molecule has 0 spiro atoms. The number of nitrogens with two attached hydrogens (primary N) is 1. The van der Waals surface area contributed by atoms with Crippen LogP contribution in [0.3, 0.4) is 0 Å². The normalized spacial score (nSPS) is 11.3. The monoisotopic (exact) mass is 305 g/mol. The Kier molecular flexibility index (Phi) is 4.53. The number of aryl methyl sites for hydroxylation is 1. The zero-order valence-corrected chi connectivity index (χ0v) is 13.0. The summed E-state index contributed by atoms with van der Waals surface area (Å²) in [4.78, 5) is 0.316. The van der Waals surface area contributed by atoms with Gasteiger partial charge < -0.3 is 10.5 Å². The number of nitrogen functional groups attached to an aromatic ring is 1. The molecular formula is C16H19NO3S. The van der Waals surface area contributed by atoms with E-state index in [1.165, 1.54) is 0 Å². The van der Waals surface area contributed by atoms with Crippen molar-refractivity contribution in [3.63, 3.8) is 0 Å². The van der Waals surface area contributed by atoms with Crippen LogP contribution >= 0.6 is 0 Å². The van der Waals surface area contributed by atoms with Crippen LogP contribution in [0.2, 0.25) is 0 Å². The molecule has 0 aliphatic carbocycles. The summed E-state index contributed by atoms with van der Waals surface area (Å²) in [6.45, 7) is 1.73. The Hall–Kier alpha value is -2.01. The second kappa shape index (κ2) is 6.18. The molecule has 0 bridgehead atoms. The molecule has 2 aromatic carbocycles. The van der Waals surface area contributed by atoms with E-state index in [0.29, 0.717) is 22.6 Å². The highest BCUT2D eigenvalue weighted by molar-refractivity contribution is 7.91. The molecule has 2 N–H and O–H groups in total. The van der Waals surface area contributed by atoms with E-state index >= 15 is 0 Å². The Bertz CT molecular complexity index is 722. The lowest BCUT2D eigenvalue weighted by Gasteiger charge is -2.10. The van der Waals surface area contributed by atoms with Gasteiger partial charge in [0, 0.05) is 5.69 Å². The van der Waals surface area contributed by atoms with Gasteiger partial charge in [-0.1, -0.05) is 18.2 Å². The van der Waals surface area contributed by atoms with Crippen LogP contribution in [-0.2, 0) is 16.3 Å². The second-order valence-corrected chi connectivity index (χ2v) is 6.96. The molecular weight excluding hydrogens is 286 g/mol. The number of ether oxygens (including phenoxy) is 1. The summed E-state index contributed by atoms with van der Waals surface area (Å²) in [6, 6.07) is 12.4. The SMILES string of the molecule is COc1ccc(CCS(=O)(=O)c2cccc(N)c2C)cc1. The van der Waals surface area contributed by atoms with Crippen molar-refractivity contribution in [3.8, 4) is 5.75 Å². The maximum Gasteiger partial charge on any atom is 0.179 e. The van der Waals surface area contributed by atoms with E-state index in [1.54, 1.807) is 32.2 Å². The third-order valence-electron chi connectivity index (χ3n) is 3.48. The van der Waals surface area contributed by atoms with Crippen LogP contribution in [-0.4, -0.2) is 21.3 Å². The highest BCUT2D eigenvalue weighted by Gasteiger charge is 2.17. The third-order valence-corrected chi connectivity index (χ3v) is 5.33. The van der Waals surface area contributed by atoms with Gasteiger partial charge in [0.05, 0.1) is 17.8 Å². The maximum atomic E-state index is 12.4. The zero-order chi connectivity index (χ0) is 15.5. The first-order valence-electron chi connectivity index (χ1n) is 6.65. The minimum absolute atomic E-state index is 0.0591. The maximum absolute atomic E-state index is 12.4. The molecule has 2 rings (SSSR count). The van der Waals surface area contributed by atoms with Gasteiger partial charge in [-0.3, -0.25) is 0 Å². The molecule has 0 radical (unpaired) electrons. The Balaban J connectivity index is 2.15. The van der Waals surface area contributed by atoms with Crippen molar-refractivity contribution in [2.24, 2.45) is 0 Å². The fraction of sp³-hybridized carbons (Fsp3) is 0.250. The fourth-order valence-electron chi connectivity index (χ4n) is 2.12. The fourth-order valence-corrected chi connectivity index (χ4v) is 3.72.